The summed E-state index contributed by atoms with van der Waals surface area (Å²) in [6.45, 7) is 4.99. The van der Waals surface area contributed by atoms with Crippen LogP contribution in [0.25, 0.3) is 0 Å². The summed E-state index contributed by atoms with van der Waals surface area (Å²) in [4.78, 5) is 65.1. The number of carboxylic acid groups (broad SMARTS) is 1. The second-order valence-electron chi connectivity index (χ2n) is 13.6. The quantitative estimate of drug-likeness (QED) is 0.0528. The third-order valence-corrected chi connectivity index (χ3v) is 11.3. The molecule has 316 valence electrons. The standard InChI is InChI=1S/C36H53N7O12S2/c1-4-30(44)42-29(22-56(50,51)52)35(47)39-17-16-37-31(45)12-8-18-55-27-19-23(2)33(24(3)20-27)57(53,54)43-28(36(48)49)21-40-32(46)11-6-5-10-26-14-13-25-9-7-15-38-34(25)41-26/h13-14,19-20,28-29,43H,4-12,15-18,21-22H2,1-3H3,(H,37,45)(H,38,41)(H,39,47)(H,40,46)(H,42,44)(H,48,49)(H,50,51,52)/t28-,29-/m0/s1. The number of hydrogen-bond donors (Lipinski definition) is 8. The van der Waals surface area contributed by atoms with E-state index < -0.39 is 68.2 Å². The number of unbranched alkanes of at least 4 members (excludes halogenated alkanes) is 1. The van der Waals surface area contributed by atoms with Crippen molar-refractivity contribution in [2.75, 3.05) is 43.9 Å². The maximum Gasteiger partial charge on any atom is 0.323 e. The van der Waals surface area contributed by atoms with Gasteiger partial charge in [-0.05, 0) is 87.3 Å². The molecule has 0 aliphatic carbocycles. The van der Waals surface area contributed by atoms with Gasteiger partial charge in [0.05, 0.1) is 11.5 Å². The van der Waals surface area contributed by atoms with Crippen LogP contribution in [0.5, 0.6) is 5.75 Å². The van der Waals surface area contributed by atoms with Crippen LogP contribution < -0.4 is 36.0 Å². The molecule has 0 saturated carbocycles. The number of nitrogens with one attached hydrogen (secondary N) is 6. The first-order valence-corrected chi connectivity index (χ1v) is 21.7. The number of hydrogen-bond acceptors (Lipinski definition) is 12. The Balaban J connectivity index is 1.40. The van der Waals surface area contributed by atoms with Crippen molar-refractivity contribution in [1.29, 1.82) is 0 Å². The average Bonchev–Trinajstić information content (AvgIpc) is 3.13. The number of rotatable bonds is 24. The lowest BCUT2D eigenvalue weighted by Crippen LogP contribution is -2.51. The van der Waals surface area contributed by atoms with Gasteiger partial charge in [0, 0.05) is 51.1 Å². The van der Waals surface area contributed by atoms with Crippen molar-refractivity contribution in [1.82, 2.24) is 31.0 Å². The molecule has 2 heterocycles. The zero-order chi connectivity index (χ0) is 42.2. The number of nitrogens with zero attached hydrogens (tertiary/aromatic N) is 1. The Morgan fingerprint density at radius 3 is 2.23 bits per heavy atom. The van der Waals surface area contributed by atoms with E-state index in [9.17, 15) is 45.9 Å². The van der Waals surface area contributed by atoms with Gasteiger partial charge in [0.1, 0.15) is 29.4 Å². The lowest BCUT2D eigenvalue weighted by Gasteiger charge is -2.19. The molecule has 0 spiro atoms. The molecule has 4 amide bonds. The number of amides is 4. The second-order valence-corrected chi connectivity index (χ2v) is 16.7. The summed E-state index contributed by atoms with van der Waals surface area (Å²) in [5.41, 5.74) is 2.67. The van der Waals surface area contributed by atoms with Crippen LogP contribution in [0.1, 0.15) is 74.3 Å². The Morgan fingerprint density at radius 2 is 1.56 bits per heavy atom. The maximum atomic E-state index is 13.3. The van der Waals surface area contributed by atoms with E-state index in [0.29, 0.717) is 25.0 Å². The fourth-order valence-electron chi connectivity index (χ4n) is 5.96. The Morgan fingerprint density at radius 1 is 0.895 bits per heavy atom. The van der Waals surface area contributed by atoms with Crippen molar-refractivity contribution >= 4 is 55.6 Å². The fraction of sp³-hybridized carbons (Fsp3) is 0.556. The normalized spacial score (nSPS) is 13.6. The van der Waals surface area contributed by atoms with Crippen LogP contribution in [-0.2, 0) is 57.0 Å². The van der Waals surface area contributed by atoms with Gasteiger partial charge in [-0.25, -0.2) is 13.4 Å². The van der Waals surface area contributed by atoms with Gasteiger partial charge in [0.2, 0.25) is 33.7 Å². The van der Waals surface area contributed by atoms with Gasteiger partial charge in [-0.1, -0.05) is 13.0 Å². The highest BCUT2D eigenvalue weighted by Crippen LogP contribution is 2.26. The van der Waals surface area contributed by atoms with Gasteiger partial charge < -0.3 is 36.4 Å². The lowest BCUT2D eigenvalue weighted by atomic mass is 10.1. The smallest absolute Gasteiger partial charge is 0.323 e. The fourth-order valence-corrected chi connectivity index (χ4v) is 8.26. The van der Waals surface area contributed by atoms with E-state index in [1.807, 2.05) is 6.07 Å². The van der Waals surface area contributed by atoms with E-state index >= 15 is 0 Å². The molecule has 8 N–H and O–H groups in total. The Kier molecular flexibility index (Phi) is 18.1. The number of aliphatic carboxylic acids is 1. The molecule has 57 heavy (non-hydrogen) atoms. The minimum Gasteiger partial charge on any atom is -0.494 e. The van der Waals surface area contributed by atoms with Crippen LogP contribution in [-0.4, -0.2) is 112 Å². The summed E-state index contributed by atoms with van der Waals surface area (Å²) >= 11 is 0. The number of anilines is 1. The number of aromatic nitrogens is 1. The molecule has 2 atom stereocenters. The first kappa shape index (κ1) is 46.5. The number of aryl methyl sites for hydroxylation is 4. The monoisotopic (exact) mass is 839 g/mol. The highest BCUT2D eigenvalue weighted by atomic mass is 32.2. The molecule has 3 rings (SSSR count). The molecule has 19 nitrogen and oxygen atoms in total. The molecule has 0 radical (unpaired) electrons. The molecular weight excluding hydrogens is 787 g/mol. The number of pyridine rings is 1. The van der Waals surface area contributed by atoms with E-state index in [1.165, 1.54) is 38.5 Å². The van der Waals surface area contributed by atoms with Crippen molar-refractivity contribution in [2.24, 2.45) is 0 Å². The zero-order valence-electron chi connectivity index (χ0n) is 32.3. The Bertz CT molecular complexity index is 1950. The van der Waals surface area contributed by atoms with Crippen molar-refractivity contribution in [3.63, 3.8) is 0 Å². The number of carbonyl (C=O) groups is 5. The number of sulfonamides is 1. The summed E-state index contributed by atoms with van der Waals surface area (Å²) in [5, 5.41) is 22.7. The van der Waals surface area contributed by atoms with Gasteiger partial charge in [0.15, 0.2) is 0 Å². The lowest BCUT2D eigenvalue weighted by molar-refractivity contribution is -0.139. The van der Waals surface area contributed by atoms with E-state index in [4.69, 9.17) is 9.29 Å². The van der Waals surface area contributed by atoms with Gasteiger partial charge in [-0.3, -0.25) is 28.5 Å². The van der Waals surface area contributed by atoms with E-state index in [1.54, 1.807) is 0 Å². The number of ether oxygens (including phenoxy) is 1. The van der Waals surface area contributed by atoms with Crippen LogP contribution in [0.4, 0.5) is 5.82 Å². The maximum absolute atomic E-state index is 13.3. The molecule has 0 bridgehead atoms. The van der Waals surface area contributed by atoms with Crippen LogP contribution in [0.15, 0.2) is 29.2 Å². The van der Waals surface area contributed by atoms with Gasteiger partial charge in [-0.2, -0.15) is 13.1 Å². The van der Waals surface area contributed by atoms with Crippen LogP contribution in [0, 0.1) is 13.8 Å². The van der Waals surface area contributed by atoms with Crippen molar-refractivity contribution in [3.8, 4) is 5.75 Å². The van der Waals surface area contributed by atoms with Crippen molar-refractivity contribution < 1.29 is 55.2 Å². The number of carbonyl (C=O) groups excluding carboxylic acids is 4. The topological polar surface area (TPSA) is 288 Å². The molecule has 1 aliphatic heterocycles. The van der Waals surface area contributed by atoms with Crippen molar-refractivity contribution in [3.05, 3.63) is 46.6 Å². The average molecular weight is 840 g/mol. The SMILES string of the molecule is CCC(=O)N[C@@H](CS(=O)(=O)O)C(=O)NCCNC(=O)CCCOc1cc(C)c(S(=O)(=O)N[C@@H](CNC(=O)CCCCc2ccc3c(n2)NCCC3)C(=O)O)c(C)c1. The van der Waals surface area contributed by atoms with E-state index in [0.717, 1.165) is 30.9 Å². The predicted octanol–water partition coefficient (Wildman–Crippen LogP) is 0.491. The number of carboxylic acids is 1. The summed E-state index contributed by atoms with van der Waals surface area (Å²) in [6.07, 6.45) is 4.42. The number of benzene rings is 1. The minimum absolute atomic E-state index is 0.00396. The Hall–Kier alpha value is -4.86. The Labute approximate surface area is 332 Å². The van der Waals surface area contributed by atoms with Crippen LogP contribution in [0.2, 0.25) is 0 Å². The largest absolute Gasteiger partial charge is 0.494 e. The third-order valence-electron chi connectivity index (χ3n) is 8.75. The third kappa shape index (κ3) is 16.3. The van der Waals surface area contributed by atoms with Crippen molar-refractivity contribution in [2.45, 2.75) is 95.5 Å². The van der Waals surface area contributed by atoms with Gasteiger partial charge in [-0.15, -0.1) is 0 Å². The summed E-state index contributed by atoms with van der Waals surface area (Å²) in [6, 6.07) is 3.86. The summed E-state index contributed by atoms with van der Waals surface area (Å²) in [5.74, 6) is -3.45. The number of fused-ring (bicyclic) bond motifs is 1. The van der Waals surface area contributed by atoms with E-state index in [-0.39, 0.29) is 67.3 Å². The summed E-state index contributed by atoms with van der Waals surface area (Å²) in [7, 11) is -8.90. The molecule has 0 saturated heterocycles. The second kappa shape index (κ2) is 22.2. The predicted molar refractivity (Wildman–Crippen MR) is 209 cm³/mol. The molecule has 1 aromatic heterocycles. The van der Waals surface area contributed by atoms with Crippen LogP contribution >= 0.6 is 0 Å². The minimum atomic E-state index is -4.56. The van der Waals surface area contributed by atoms with Crippen LogP contribution in [0.3, 0.4) is 0 Å². The molecule has 1 aromatic carbocycles. The summed E-state index contributed by atoms with van der Waals surface area (Å²) < 4.78 is 66.1. The molecule has 0 unspecified atom stereocenters. The molecule has 0 fully saturated rings. The highest BCUT2D eigenvalue weighted by Gasteiger charge is 2.29. The van der Waals surface area contributed by atoms with Gasteiger partial charge in [0.25, 0.3) is 10.1 Å². The first-order chi connectivity index (χ1) is 26.9. The molecule has 21 heteroatoms. The molecular formula is C36H53N7O12S2. The molecule has 2 aromatic rings. The highest BCUT2D eigenvalue weighted by molar-refractivity contribution is 7.89. The van der Waals surface area contributed by atoms with E-state index in [2.05, 4.69) is 42.4 Å². The van der Waals surface area contributed by atoms with Gasteiger partial charge >= 0.3 is 5.97 Å². The molecule has 1 aliphatic rings. The first-order valence-electron chi connectivity index (χ1n) is 18.7. The zero-order valence-corrected chi connectivity index (χ0v) is 33.9.